The van der Waals surface area contributed by atoms with Gasteiger partial charge in [0.05, 0.1) is 21.7 Å². The summed E-state index contributed by atoms with van der Waals surface area (Å²) in [6.45, 7) is 0. The van der Waals surface area contributed by atoms with E-state index in [4.69, 9.17) is 11.6 Å². The van der Waals surface area contributed by atoms with Crippen LogP contribution in [-0.4, -0.2) is 5.91 Å². The Labute approximate surface area is 101 Å². The minimum atomic E-state index is -5.08. The number of nitrogens with two attached hydrogens (primary N) is 1. The van der Waals surface area contributed by atoms with Gasteiger partial charge in [0.2, 0.25) is 5.91 Å². The largest absolute Gasteiger partial charge is 0.418 e. The zero-order valence-electron chi connectivity index (χ0n) is 8.29. The zero-order valence-corrected chi connectivity index (χ0v) is 9.04. The lowest BCUT2D eigenvalue weighted by atomic mass is 10.0. The Hall–Kier alpha value is -1.44. The van der Waals surface area contributed by atoms with Gasteiger partial charge in [0.15, 0.2) is 0 Å². The minimum absolute atomic E-state index is 0.0248. The van der Waals surface area contributed by atoms with Gasteiger partial charge in [-0.25, -0.2) is 0 Å². The second kappa shape index (κ2) is 4.34. The third-order valence-corrected chi connectivity index (χ3v) is 2.26. The molecule has 0 unspecified atom stereocenters. The van der Waals surface area contributed by atoms with Crippen LogP contribution in [0.2, 0.25) is 5.02 Å². The summed E-state index contributed by atoms with van der Waals surface area (Å²) in [7, 11) is 0. The first kappa shape index (κ1) is 14.6. The number of carbonyl (C=O) groups excluding carboxylic acids is 1. The predicted molar refractivity (Wildman–Crippen MR) is 50.0 cm³/mol. The number of rotatable bonds is 1. The highest BCUT2D eigenvalue weighted by atomic mass is 35.5. The fraction of sp³-hybridized carbons (Fsp3) is 0.222. The van der Waals surface area contributed by atoms with Crippen molar-refractivity contribution in [2.45, 2.75) is 12.4 Å². The highest BCUT2D eigenvalue weighted by Gasteiger charge is 2.40. The van der Waals surface area contributed by atoms with E-state index < -0.39 is 40.0 Å². The van der Waals surface area contributed by atoms with Gasteiger partial charge in [-0.05, 0) is 12.1 Å². The van der Waals surface area contributed by atoms with Crippen molar-refractivity contribution in [3.8, 4) is 0 Å². The first-order valence-electron chi connectivity index (χ1n) is 4.22. The summed E-state index contributed by atoms with van der Waals surface area (Å²) in [6.07, 6.45) is -10.0. The summed E-state index contributed by atoms with van der Waals surface area (Å²) in [5.74, 6) is -1.64. The lowest BCUT2D eigenvalue weighted by Crippen LogP contribution is -2.21. The first-order chi connectivity index (χ1) is 7.94. The average Bonchev–Trinajstić information content (AvgIpc) is 2.12. The van der Waals surface area contributed by atoms with E-state index in [-0.39, 0.29) is 12.1 Å². The summed E-state index contributed by atoms with van der Waals surface area (Å²) in [5.41, 5.74) is 0.156. The molecule has 0 radical (unpaired) electrons. The van der Waals surface area contributed by atoms with Gasteiger partial charge in [0, 0.05) is 0 Å². The number of hydrogen-bond donors (Lipinski definition) is 1. The molecule has 0 atom stereocenters. The van der Waals surface area contributed by atoms with Crippen LogP contribution < -0.4 is 5.73 Å². The SMILES string of the molecule is NC(=O)c1cc(C(F)(F)F)cc(Cl)c1C(F)(F)F. The van der Waals surface area contributed by atoms with Crippen LogP contribution in [0.25, 0.3) is 0 Å². The maximum absolute atomic E-state index is 12.5. The van der Waals surface area contributed by atoms with Gasteiger partial charge < -0.3 is 5.73 Å². The van der Waals surface area contributed by atoms with Crippen molar-refractivity contribution in [3.05, 3.63) is 33.8 Å². The topological polar surface area (TPSA) is 43.1 Å². The Morgan fingerprint density at radius 2 is 1.56 bits per heavy atom. The van der Waals surface area contributed by atoms with Gasteiger partial charge in [0.25, 0.3) is 0 Å². The molecular formula is C9H4ClF6NO. The summed E-state index contributed by atoms with van der Waals surface area (Å²) in [6, 6.07) is 0.119. The maximum atomic E-state index is 12.5. The van der Waals surface area contributed by atoms with Gasteiger partial charge in [-0.15, -0.1) is 0 Å². The van der Waals surface area contributed by atoms with Crippen molar-refractivity contribution in [1.29, 1.82) is 0 Å². The van der Waals surface area contributed by atoms with Crippen LogP contribution in [0.4, 0.5) is 26.3 Å². The molecule has 1 amide bonds. The quantitative estimate of drug-likeness (QED) is 0.791. The Bertz CT molecular complexity index is 493. The number of halogens is 7. The smallest absolute Gasteiger partial charge is 0.366 e. The molecule has 0 saturated heterocycles. The van der Waals surface area contributed by atoms with Crippen LogP contribution in [0, 0.1) is 0 Å². The number of carbonyl (C=O) groups is 1. The third-order valence-electron chi connectivity index (χ3n) is 1.97. The Morgan fingerprint density at radius 1 is 1.06 bits per heavy atom. The number of hydrogen-bond acceptors (Lipinski definition) is 1. The Kier molecular flexibility index (Phi) is 3.53. The Morgan fingerprint density at radius 3 is 1.89 bits per heavy atom. The van der Waals surface area contributed by atoms with E-state index in [1.165, 1.54) is 0 Å². The molecule has 2 N–H and O–H groups in total. The van der Waals surface area contributed by atoms with E-state index in [1.54, 1.807) is 0 Å². The summed E-state index contributed by atoms with van der Waals surface area (Å²) in [5, 5.41) is -1.23. The number of alkyl halides is 6. The van der Waals surface area contributed by atoms with Gasteiger partial charge in [-0.1, -0.05) is 11.6 Å². The minimum Gasteiger partial charge on any atom is -0.366 e. The lowest BCUT2D eigenvalue weighted by molar-refractivity contribution is -0.141. The highest BCUT2D eigenvalue weighted by molar-refractivity contribution is 6.32. The van der Waals surface area contributed by atoms with E-state index >= 15 is 0 Å². The van der Waals surface area contributed by atoms with Crippen LogP contribution in [0.3, 0.4) is 0 Å². The van der Waals surface area contributed by atoms with Gasteiger partial charge >= 0.3 is 12.4 Å². The van der Waals surface area contributed by atoms with Crippen molar-refractivity contribution in [2.24, 2.45) is 5.73 Å². The molecule has 18 heavy (non-hydrogen) atoms. The molecule has 9 heteroatoms. The highest BCUT2D eigenvalue weighted by Crippen LogP contribution is 2.40. The molecule has 2 nitrogen and oxygen atoms in total. The van der Waals surface area contributed by atoms with Gasteiger partial charge in [0.1, 0.15) is 0 Å². The van der Waals surface area contributed by atoms with Crippen molar-refractivity contribution < 1.29 is 31.1 Å². The summed E-state index contributed by atoms with van der Waals surface area (Å²) >= 11 is 5.14. The molecule has 0 bridgehead atoms. The van der Waals surface area contributed by atoms with Crippen molar-refractivity contribution >= 4 is 17.5 Å². The van der Waals surface area contributed by atoms with E-state index in [1.807, 2.05) is 0 Å². The first-order valence-corrected chi connectivity index (χ1v) is 4.60. The molecular weight excluding hydrogens is 288 g/mol. The molecule has 0 aromatic heterocycles. The average molecular weight is 292 g/mol. The Balaban J connectivity index is 3.62. The van der Waals surface area contributed by atoms with E-state index in [2.05, 4.69) is 5.73 Å². The van der Waals surface area contributed by atoms with E-state index in [9.17, 15) is 31.1 Å². The van der Waals surface area contributed by atoms with Crippen LogP contribution >= 0.6 is 11.6 Å². The molecule has 100 valence electrons. The van der Waals surface area contributed by atoms with E-state index in [0.29, 0.717) is 0 Å². The second-order valence-electron chi connectivity index (χ2n) is 3.24. The van der Waals surface area contributed by atoms with Crippen molar-refractivity contribution in [2.75, 3.05) is 0 Å². The summed E-state index contributed by atoms with van der Waals surface area (Å²) in [4.78, 5) is 10.8. The molecule has 0 aliphatic heterocycles. The van der Waals surface area contributed by atoms with E-state index in [0.717, 1.165) is 0 Å². The maximum Gasteiger partial charge on any atom is 0.418 e. The van der Waals surface area contributed by atoms with Crippen LogP contribution in [0.5, 0.6) is 0 Å². The molecule has 1 aromatic rings. The number of benzene rings is 1. The van der Waals surface area contributed by atoms with Gasteiger partial charge in [-0.3, -0.25) is 4.79 Å². The molecule has 1 rings (SSSR count). The lowest BCUT2D eigenvalue weighted by Gasteiger charge is -2.15. The second-order valence-corrected chi connectivity index (χ2v) is 3.65. The molecule has 0 heterocycles. The van der Waals surface area contributed by atoms with Gasteiger partial charge in [-0.2, -0.15) is 26.3 Å². The fourth-order valence-electron chi connectivity index (χ4n) is 1.25. The molecule has 0 saturated carbocycles. The molecule has 0 fully saturated rings. The van der Waals surface area contributed by atoms with Crippen molar-refractivity contribution in [3.63, 3.8) is 0 Å². The monoisotopic (exact) mass is 291 g/mol. The molecule has 0 aliphatic carbocycles. The van der Waals surface area contributed by atoms with Crippen molar-refractivity contribution in [1.82, 2.24) is 0 Å². The molecule has 1 aromatic carbocycles. The standard InChI is InChI=1S/C9H4ClF6NO/c10-5-2-3(8(11,12)13)1-4(7(17)18)6(5)9(14,15)16/h1-2H,(H2,17,18). The third kappa shape index (κ3) is 2.87. The predicted octanol–water partition coefficient (Wildman–Crippen LogP) is 3.48. The van der Waals surface area contributed by atoms with Crippen LogP contribution in [0.15, 0.2) is 12.1 Å². The van der Waals surface area contributed by atoms with Crippen LogP contribution in [0.1, 0.15) is 21.5 Å². The number of primary amides is 1. The normalized spacial score (nSPS) is 12.6. The zero-order chi connectivity index (χ0) is 14.3. The number of amides is 1. The van der Waals surface area contributed by atoms with Crippen LogP contribution in [-0.2, 0) is 12.4 Å². The fourth-order valence-corrected chi connectivity index (χ4v) is 1.58. The molecule has 0 aliphatic rings. The summed E-state index contributed by atoms with van der Waals surface area (Å²) < 4.78 is 74.6. The molecule has 0 spiro atoms.